The number of para-hydroxylation sites is 2. The van der Waals surface area contributed by atoms with E-state index in [-0.39, 0.29) is 6.10 Å². The molecule has 0 spiro atoms. The Labute approximate surface area is 147 Å². The molecule has 0 fully saturated rings. The average molecular weight is 325 g/mol. The fourth-order valence-electron chi connectivity index (χ4n) is 2.89. The molecule has 0 aromatic heterocycles. The molecule has 2 atom stereocenters. The molecule has 0 unspecified atom stereocenters. The minimum absolute atomic E-state index is 0.107. The molecule has 2 nitrogen and oxygen atoms in total. The van der Waals surface area contributed by atoms with Crippen LogP contribution in [0.5, 0.6) is 5.75 Å². The van der Waals surface area contributed by atoms with E-state index >= 15 is 0 Å². The lowest BCUT2D eigenvalue weighted by molar-refractivity contribution is 0.231. The van der Waals surface area contributed by atoms with Crippen molar-refractivity contribution in [3.63, 3.8) is 0 Å². The van der Waals surface area contributed by atoms with Crippen molar-refractivity contribution >= 4 is 5.69 Å². The molecule has 0 radical (unpaired) electrons. The van der Waals surface area contributed by atoms with Crippen LogP contribution in [0.2, 0.25) is 0 Å². The van der Waals surface area contributed by atoms with Gasteiger partial charge in [0.15, 0.2) is 0 Å². The van der Waals surface area contributed by atoms with Gasteiger partial charge in [0.25, 0.3) is 0 Å². The zero-order valence-corrected chi connectivity index (χ0v) is 15.7. The average Bonchev–Trinajstić information content (AvgIpc) is 2.60. The van der Waals surface area contributed by atoms with Gasteiger partial charge >= 0.3 is 0 Å². The van der Waals surface area contributed by atoms with Gasteiger partial charge in [0.2, 0.25) is 0 Å². The molecule has 0 aliphatic carbocycles. The van der Waals surface area contributed by atoms with Crippen LogP contribution in [-0.2, 0) is 0 Å². The molecule has 0 aliphatic rings. The van der Waals surface area contributed by atoms with Gasteiger partial charge in [-0.25, -0.2) is 0 Å². The Bertz CT molecular complexity index is 635. The first kappa shape index (κ1) is 18.4. The Kier molecular flexibility index (Phi) is 6.72. The van der Waals surface area contributed by atoms with E-state index in [9.17, 15) is 0 Å². The van der Waals surface area contributed by atoms with E-state index in [1.807, 2.05) is 0 Å². The summed E-state index contributed by atoms with van der Waals surface area (Å²) in [7, 11) is 0. The Morgan fingerprint density at radius 3 is 2.17 bits per heavy atom. The highest BCUT2D eigenvalue weighted by molar-refractivity contribution is 5.52. The maximum Gasteiger partial charge on any atom is 0.123 e. The fraction of sp³-hybridized carbons (Fsp3) is 0.455. The molecule has 0 heterocycles. The summed E-state index contributed by atoms with van der Waals surface area (Å²) in [6.07, 6.45) is 1.23. The highest BCUT2D eigenvalue weighted by Crippen LogP contribution is 2.29. The van der Waals surface area contributed by atoms with E-state index < -0.39 is 0 Å². The molecular weight excluding hydrogens is 294 g/mol. The van der Waals surface area contributed by atoms with Gasteiger partial charge in [-0.1, -0.05) is 64.1 Å². The Morgan fingerprint density at radius 1 is 0.875 bits per heavy atom. The molecule has 2 rings (SSSR count). The number of anilines is 1. The van der Waals surface area contributed by atoms with Crippen molar-refractivity contribution < 1.29 is 4.74 Å². The SMILES string of the molecule is CC[C@H](C)c1ccccc1O[C@@H](C)CNc1ccccc1C(C)C. The predicted octanol–water partition coefficient (Wildman–Crippen LogP) is 6.20. The second kappa shape index (κ2) is 8.77. The molecule has 24 heavy (non-hydrogen) atoms. The fourth-order valence-corrected chi connectivity index (χ4v) is 2.89. The van der Waals surface area contributed by atoms with E-state index in [0.717, 1.165) is 18.7 Å². The summed E-state index contributed by atoms with van der Waals surface area (Å²) in [5.74, 6) is 2.04. The van der Waals surface area contributed by atoms with Crippen LogP contribution in [0.25, 0.3) is 0 Å². The molecule has 0 amide bonds. The van der Waals surface area contributed by atoms with Gasteiger partial charge in [0.05, 0.1) is 6.54 Å². The largest absolute Gasteiger partial charge is 0.489 e. The second-order valence-electron chi connectivity index (χ2n) is 6.90. The monoisotopic (exact) mass is 325 g/mol. The smallest absolute Gasteiger partial charge is 0.123 e. The van der Waals surface area contributed by atoms with Crippen molar-refractivity contribution in [2.24, 2.45) is 0 Å². The summed E-state index contributed by atoms with van der Waals surface area (Å²) in [5.41, 5.74) is 3.86. The molecule has 1 N–H and O–H groups in total. The molecule has 0 aliphatic heterocycles. The standard InChI is InChI=1S/C22H31NO/c1-6-17(4)20-12-8-10-14-22(20)24-18(5)15-23-21-13-9-7-11-19(21)16(2)3/h7-14,16-18,23H,6,15H2,1-5H3/t17-,18-/m0/s1. The molecule has 2 aromatic carbocycles. The lowest BCUT2D eigenvalue weighted by Gasteiger charge is -2.22. The molecule has 0 saturated heterocycles. The van der Waals surface area contributed by atoms with E-state index in [1.165, 1.54) is 16.8 Å². The van der Waals surface area contributed by atoms with Crippen molar-refractivity contribution in [3.8, 4) is 5.75 Å². The number of rotatable bonds is 8. The lowest BCUT2D eigenvalue weighted by Crippen LogP contribution is -2.23. The third-order valence-electron chi connectivity index (χ3n) is 4.55. The van der Waals surface area contributed by atoms with E-state index in [4.69, 9.17) is 4.74 Å². The van der Waals surface area contributed by atoms with Crippen molar-refractivity contribution in [1.82, 2.24) is 0 Å². The third kappa shape index (κ3) is 4.77. The normalized spacial score (nSPS) is 13.6. The van der Waals surface area contributed by atoms with Crippen molar-refractivity contribution in [3.05, 3.63) is 59.7 Å². The second-order valence-corrected chi connectivity index (χ2v) is 6.90. The summed E-state index contributed by atoms with van der Waals surface area (Å²) in [5, 5.41) is 3.55. The van der Waals surface area contributed by atoms with Gasteiger partial charge < -0.3 is 10.1 Å². The summed E-state index contributed by atoms with van der Waals surface area (Å²) in [4.78, 5) is 0. The van der Waals surface area contributed by atoms with Crippen LogP contribution >= 0.6 is 0 Å². The van der Waals surface area contributed by atoms with E-state index in [0.29, 0.717) is 11.8 Å². The number of benzene rings is 2. The van der Waals surface area contributed by atoms with Crippen LogP contribution in [0.3, 0.4) is 0 Å². The first-order chi connectivity index (χ1) is 11.5. The first-order valence-corrected chi connectivity index (χ1v) is 9.11. The Morgan fingerprint density at radius 2 is 1.50 bits per heavy atom. The zero-order valence-electron chi connectivity index (χ0n) is 15.7. The van der Waals surface area contributed by atoms with Crippen LogP contribution < -0.4 is 10.1 Å². The summed E-state index contributed by atoms with van der Waals surface area (Å²) in [6, 6.07) is 16.9. The highest BCUT2D eigenvalue weighted by Gasteiger charge is 2.13. The maximum atomic E-state index is 6.23. The van der Waals surface area contributed by atoms with Gasteiger partial charge in [0.1, 0.15) is 11.9 Å². The molecule has 0 bridgehead atoms. The topological polar surface area (TPSA) is 21.3 Å². The highest BCUT2D eigenvalue weighted by atomic mass is 16.5. The van der Waals surface area contributed by atoms with Crippen molar-refractivity contribution in [2.45, 2.75) is 59.0 Å². The van der Waals surface area contributed by atoms with Crippen LogP contribution in [0.4, 0.5) is 5.69 Å². The lowest BCUT2D eigenvalue weighted by atomic mass is 9.98. The van der Waals surface area contributed by atoms with E-state index in [1.54, 1.807) is 0 Å². The van der Waals surface area contributed by atoms with Gasteiger partial charge in [0, 0.05) is 5.69 Å². The van der Waals surface area contributed by atoms with Crippen LogP contribution in [-0.4, -0.2) is 12.6 Å². The number of nitrogens with one attached hydrogen (secondary N) is 1. The minimum atomic E-state index is 0.107. The summed E-state index contributed by atoms with van der Waals surface area (Å²) < 4.78 is 6.23. The van der Waals surface area contributed by atoms with Crippen molar-refractivity contribution in [2.75, 3.05) is 11.9 Å². The number of hydrogen-bond acceptors (Lipinski definition) is 2. The first-order valence-electron chi connectivity index (χ1n) is 9.11. The zero-order chi connectivity index (χ0) is 17.5. The van der Waals surface area contributed by atoms with Crippen LogP contribution in [0.1, 0.15) is 64.0 Å². The predicted molar refractivity (Wildman–Crippen MR) is 104 cm³/mol. The van der Waals surface area contributed by atoms with Gasteiger partial charge in [-0.05, 0) is 48.4 Å². The van der Waals surface area contributed by atoms with Gasteiger partial charge in [-0.2, -0.15) is 0 Å². The number of hydrogen-bond donors (Lipinski definition) is 1. The van der Waals surface area contributed by atoms with Crippen molar-refractivity contribution in [1.29, 1.82) is 0 Å². The molecular formula is C22H31NO. The minimum Gasteiger partial charge on any atom is -0.489 e. The third-order valence-corrected chi connectivity index (χ3v) is 4.55. The molecule has 0 saturated carbocycles. The molecule has 2 aromatic rings. The Balaban J connectivity index is 2.01. The van der Waals surface area contributed by atoms with Gasteiger partial charge in [-0.15, -0.1) is 0 Å². The molecule has 2 heteroatoms. The maximum absolute atomic E-state index is 6.23. The number of ether oxygens (including phenoxy) is 1. The molecule has 130 valence electrons. The van der Waals surface area contributed by atoms with E-state index in [2.05, 4.69) is 88.5 Å². The van der Waals surface area contributed by atoms with Crippen LogP contribution in [0.15, 0.2) is 48.5 Å². The summed E-state index contributed by atoms with van der Waals surface area (Å²) in [6.45, 7) is 11.8. The van der Waals surface area contributed by atoms with Crippen LogP contribution in [0, 0.1) is 0 Å². The summed E-state index contributed by atoms with van der Waals surface area (Å²) >= 11 is 0. The quantitative estimate of drug-likeness (QED) is 0.623. The van der Waals surface area contributed by atoms with Gasteiger partial charge in [-0.3, -0.25) is 0 Å². The Hall–Kier alpha value is -1.96.